The molecule has 0 radical (unpaired) electrons. The summed E-state index contributed by atoms with van der Waals surface area (Å²) in [5, 5.41) is 0.723. The van der Waals surface area contributed by atoms with Crippen LogP contribution in [0.2, 0.25) is 5.02 Å². The molecule has 2 atom stereocenters. The van der Waals surface area contributed by atoms with E-state index in [9.17, 15) is 12.8 Å². The first-order valence-corrected chi connectivity index (χ1v) is 13.2. The first kappa shape index (κ1) is 23.3. The van der Waals surface area contributed by atoms with Crippen LogP contribution in [0.3, 0.4) is 0 Å². The monoisotopic (exact) mass is 499 g/mol. The molecule has 2 saturated heterocycles. The van der Waals surface area contributed by atoms with Crippen molar-refractivity contribution in [3.8, 4) is 11.1 Å². The number of nitrogens with one attached hydrogen (secondary N) is 1. The van der Waals surface area contributed by atoms with Gasteiger partial charge in [-0.25, -0.2) is 4.39 Å². The summed E-state index contributed by atoms with van der Waals surface area (Å²) >= 11 is 6.40. The quantitative estimate of drug-likeness (QED) is 0.535. The van der Waals surface area contributed by atoms with Crippen molar-refractivity contribution in [1.82, 2.24) is 9.62 Å². The molecule has 0 bridgehead atoms. The summed E-state index contributed by atoms with van der Waals surface area (Å²) in [5.74, 6) is -0.446. The third kappa shape index (κ3) is 4.33. The van der Waals surface area contributed by atoms with Crippen molar-refractivity contribution in [2.75, 3.05) is 17.4 Å². The zero-order chi connectivity index (χ0) is 23.9. The van der Waals surface area contributed by atoms with Gasteiger partial charge in [-0.1, -0.05) is 54.1 Å². The Balaban J connectivity index is 1.36. The fraction of sp³-hybridized carbons (Fsp3) is 0.308. The van der Waals surface area contributed by atoms with Crippen LogP contribution in [0.5, 0.6) is 0 Å². The normalized spacial score (nSPS) is 24.6. The highest BCUT2D eigenvalue weighted by molar-refractivity contribution is 7.91. The lowest BCUT2D eigenvalue weighted by Crippen LogP contribution is -2.57. The second kappa shape index (κ2) is 8.96. The SMILES string of the molecule is C[C@H]1C[C@]2(CCN1Cc1cccc(-c3ccccc3Cl)c1)CNS(=O)(=O)N2c1cccc(F)c1. The van der Waals surface area contributed by atoms with Gasteiger partial charge in [-0.15, -0.1) is 0 Å². The molecule has 2 heterocycles. The lowest BCUT2D eigenvalue weighted by Gasteiger charge is -2.47. The summed E-state index contributed by atoms with van der Waals surface area (Å²) in [5.41, 5.74) is 3.02. The van der Waals surface area contributed by atoms with E-state index in [0.29, 0.717) is 25.1 Å². The standard InChI is InChI=1S/C26H27ClFN3O2S/c1-19-16-26(18-29-34(32,33)31(26)23-9-5-8-22(28)15-23)12-13-30(19)17-20-6-4-7-21(14-20)24-10-2-3-11-25(24)27/h2-11,14-15,19,29H,12-13,16-18H2,1H3/t19-,26+/m0/s1. The number of hydrogen-bond donors (Lipinski definition) is 1. The summed E-state index contributed by atoms with van der Waals surface area (Å²) in [7, 11) is -3.72. The molecule has 2 fully saturated rings. The molecule has 0 aromatic heterocycles. The van der Waals surface area contributed by atoms with Gasteiger partial charge in [0.1, 0.15) is 5.82 Å². The zero-order valence-electron chi connectivity index (χ0n) is 18.9. The Morgan fingerprint density at radius 3 is 2.65 bits per heavy atom. The van der Waals surface area contributed by atoms with Gasteiger partial charge < -0.3 is 0 Å². The predicted octanol–water partition coefficient (Wildman–Crippen LogP) is 5.22. The zero-order valence-corrected chi connectivity index (χ0v) is 20.5. The Kier molecular flexibility index (Phi) is 6.14. The molecule has 1 spiro atoms. The molecule has 2 aliphatic heterocycles. The van der Waals surface area contributed by atoms with Gasteiger partial charge in [0.25, 0.3) is 0 Å². The summed E-state index contributed by atoms with van der Waals surface area (Å²) < 4.78 is 43.8. The third-order valence-corrected chi connectivity index (χ3v) is 8.88. The lowest BCUT2D eigenvalue weighted by atomic mass is 9.83. The van der Waals surface area contributed by atoms with E-state index in [0.717, 1.165) is 29.2 Å². The van der Waals surface area contributed by atoms with Gasteiger partial charge in [-0.2, -0.15) is 13.1 Å². The summed E-state index contributed by atoms with van der Waals surface area (Å²) in [4.78, 5) is 2.38. The fourth-order valence-corrected chi connectivity index (χ4v) is 7.29. The van der Waals surface area contributed by atoms with E-state index in [4.69, 9.17) is 11.6 Å². The van der Waals surface area contributed by atoms with E-state index in [1.807, 2.05) is 30.3 Å². The molecule has 3 aromatic carbocycles. The van der Waals surface area contributed by atoms with Crippen LogP contribution in [0.1, 0.15) is 25.3 Å². The third-order valence-electron chi connectivity index (χ3n) is 6.96. The van der Waals surface area contributed by atoms with Gasteiger partial charge in [-0.05, 0) is 61.2 Å². The molecule has 0 saturated carbocycles. The molecule has 5 nitrogen and oxygen atoms in total. The number of hydrogen-bond acceptors (Lipinski definition) is 3. The molecule has 0 unspecified atom stereocenters. The number of nitrogens with zero attached hydrogens (tertiary/aromatic N) is 2. The topological polar surface area (TPSA) is 52.7 Å². The Bertz CT molecular complexity index is 1320. The fourth-order valence-electron chi connectivity index (χ4n) is 5.33. The Morgan fingerprint density at radius 1 is 1.09 bits per heavy atom. The van der Waals surface area contributed by atoms with Crippen molar-refractivity contribution in [2.45, 2.75) is 37.9 Å². The van der Waals surface area contributed by atoms with Gasteiger partial charge in [0.2, 0.25) is 0 Å². The van der Waals surface area contributed by atoms with E-state index in [2.05, 4.69) is 34.7 Å². The van der Waals surface area contributed by atoms with Crippen molar-refractivity contribution in [2.24, 2.45) is 0 Å². The first-order chi connectivity index (χ1) is 16.3. The highest BCUT2D eigenvalue weighted by atomic mass is 35.5. The van der Waals surface area contributed by atoms with Crippen LogP contribution in [-0.2, 0) is 16.8 Å². The Morgan fingerprint density at radius 2 is 1.88 bits per heavy atom. The van der Waals surface area contributed by atoms with Crippen LogP contribution in [0.4, 0.5) is 10.1 Å². The van der Waals surface area contributed by atoms with Gasteiger partial charge in [-0.3, -0.25) is 9.21 Å². The number of likely N-dealkylation sites (tertiary alicyclic amines) is 1. The average molecular weight is 500 g/mol. The van der Waals surface area contributed by atoms with Crippen molar-refractivity contribution in [1.29, 1.82) is 0 Å². The minimum atomic E-state index is -3.72. The Hall–Kier alpha value is -2.45. The van der Waals surface area contributed by atoms with Gasteiger partial charge in [0.05, 0.1) is 11.2 Å². The number of rotatable bonds is 4. The van der Waals surface area contributed by atoms with Crippen LogP contribution in [0.15, 0.2) is 72.8 Å². The number of halogens is 2. The predicted molar refractivity (Wildman–Crippen MR) is 135 cm³/mol. The van der Waals surface area contributed by atoms with Crippen molar-refractivity contribution < 1.29 is 12.8 Å². The minimum absolute atomic E-state index is 0.142. The molecule has 178 valence electrons. The molecular formula is C26H27ClFN3O2S. The number of anilines is 1. The molecule has 34 heavy (non-hydrogen) atoms. The van der Waals surface area contributed by atoms with Crippen LogP contribution < -0.4 is 9.03 Å². The summed E-state index contributed by atoms with van der Waals surface area (Å²) in [6.07, 6.45) is 1.31. The maximum absolute atomic E-state index is 13.9. The van der Waals surface area contributed by atoms with Crippen molar-refractivity contribution in [3.05, 3.63) is 89.2 Å². The summed E-state index contributed by atoms with van der Waals surface area (Å²) in [6.45, 7) is 3.95. The van der Waals surface area contributed by atoms with Crippen LogP contribution >= 0.6 is 11.6 Å². The molecule has 2 aliphatic rings. The van der Waals surface area contributed by atoms with Crippen LogP contribution in [0, 0.1) is 5.82 Å². The smallest absolute Gasteiger partial charge is 0.296 e. The lowest BCUT2D eigenvalue weighted by molar-refractivity contribution is 0.106. The average Bonchev–Trinajstić information content (AvgIpc) is 3.06. The minimum Gasteiger partial charge on any atom is -0.296 e. The molecule has 0 amide bonds. The number of benzene rings is 3. The summed E-state index contributed by atoms with van der Waals surface area (Å²) in [6, 6.07) is 22.2. The maximum atomic E-state index is 13.9. The molecule has 8 heteroatoms. The molecule has 5 rings (SSSR count). The van der Waals surface area contributed by atoms with Crippen molar-refractivity contribution >= 4 is 27.5 Å². The van der Waals surface area contributed by atoms with E-state index in [1.54, 1.807) is 12.1 Å². The van der Waals surface area contributed by atoms with Crippen LogP contribution in [0.25, 0.3) is 11.1 Å². The molecule has 3 aromatic rings. The van der Waals surface area contributed by atoms with E-state index >= 15 is 0 Å². The highest BCUT2D eigenvalue weighted by Gasteiger charge is 2.52. The largest absolute Gasteiger partial charge is 0.302 e. The van der Waals surface area contributed by atoms with Gasteiger partial charge >= 0.3 is 10.2 Å². The first-order valence-electron chi connectivity index (χ1n) is 11.4. The van der Waals surface area contributed by atoms with E-state index in [-0.39, 0.29) is 6.04 Å². The molecule has 0 aliphatic carbocycles. The second-order valence-electron chi connectivity index (χ2n) is 9.25. The van der Waals surface area contributed by atoms with Crippen molar-refractivity contribution in [3.63, 3.8) is 0 Å². The molecule has 1 N–H and O–H groups in total. The highest BCUT2D eigenvalue weighted by Crippen LogP contribution is 2.41. The van der Waals surface area contributed by atoms with Gasteiger partial charge in [0, 0.05) is 36.3 Å². The van der Waals surface area contributed by atoms with E-state index < -0.39 is 21.6 Å². The maximum Gasteiger partial charge on any atom is 0.302 e. The number of piperidine rings is 1. The Labute approximate surface area is 205 Å². The van der Waals surface area contributed by atoms with E-state index in [1.165, 1.54) is 22.0 Å². The second-order valence-corrected chi connectivity index (χ2v) is 11.3. The van der Waals surface area contributed by atoms with Crippen LogP contribution in [-0.4, -0.2) is 38.0 Å². The molecular weight excluding hydrogens is 473 g/mol. The van der Waals surface area contributed by atoms with Gasteiger partial charge in [0.15, 0.2) is 0 Å².